The van der Waals surface area contributed by atoms with Gasteiger partial charge in [-0.3, -0.25) is 0 Å². The molecule has 0 atom stereocenters. The zero-order valence-electron chi connectivity index (χ0n) is 11.3. The summed E-state index contributed by atoms with van der Waals surface area (Å²) in [6, 6.07) is 0. The second kappa shape index (κ2) is 14.0. The van der Waals surface area contributed by atoms with Crippen molar-refractivity contribution in [3.8, 4) is 0 Å². The monoisotopic (exact) mass is 259 g/mol. The molecule has 0 saturated carbocycles. The number of nitrogens with zero attached hydrogens (tertiary/aromatic N) is 1. The molecule has 0 aliphatic rings. The molecule has 0 aliphatic heterocycles. The van der Waals surface area contributed by atoms with Gasteiger partial charge in [0.05, 0.1) is 0 Å². The Morgan fingerprint density at radius 2 is 1.33 bits per heavy atom. The van der Waals surface area contributed by atoms with Gasteiger partial charge in [0.1, 0.15) is 0 Å². The zero-order chi connectivity index (χ0) is 13.5. The van der Waals surface area contributed by atoms with Crippen LogP contribution in [0.3, 0.4) is 0 Å². The summed E-state index contributed by atoms with van der Waals surface area (Å²) in [6.07, 6.45) is 4.45. The molecule has 0 heterocycles. The Bertz CT molecular complexity index is 192. The molecular formula is C11H29N7. The third-order valence-corrected chi connectivity index (χ3v) is 2.37. The van der Waals surface area contributed by atoms with E-state index in [2.05, 4.69) is 21.2 Å². The molecule has 0 aliphatic carbocycles. The first-order valence-corrected chi connectivity index (χ1v) is 6.70. The Morgan fingerprint density at radius 1 is 0.778 bits per heavy atom. The first-order valence-electron chi connectivity index (χ1n) is 6.70. The fourth-order valence-corrected chi connectivity index (χ4v) is 1.42. The lowest BCUT2D eigenvalue weighted by atomic mass is 10.3. The molecule has 7 nitrogen and oxygen atoms in total. The van der Waals surface area contributed by atoms with E-state index < -0.39 is 0 Å². The molecule has 18 heavy (non-hydrogen) atoms. The van der Waals surface area contributed by atoms with Crippen LogP contribution < -0.4 is 33.3 Å². The van der Waals surface area contributed by atoms with Crippen LogP contribution in [0.25, 0.3) is 0 Å². The van der Waals surface area contributed by atoms with E-state index in [9.17, 15) is 0 Å². The largest absolute Gasteiger partial charge is 0.369 e. The van der Waals surface area contributed by atoms with Crippen LogP contribution in [0.15, 0.2) is 5.10 Å². The molecule has 0 aromatic carbocycles. The molecule has 0 radical (unpaired) electrons. The molecule has 9 N–H and O–H groups in total. The molecule has 0 spiro atoms. The van der Waals surface area contributed by atoms with Crippen molar-refractivity contribution in [3.05, 3.63) is 0 Å². The molecule has 0 rings (SSSR count). The van der Waals surface area contributed by atoms with Gasteiger partial charge in [0.2, 0.25) is 5.96 Å². The molecule has 0 bridgehead atoms. The lowest BCUT2D eigenvalue weighted by molar-refractivity contribution is 0.560. The molecule has 0 unspecified atom stereocenters. The van der Waals surface area contributed by atoms with Crippen LogP contribution in [0.5, 0.6) is 0 Å². The summed E-state index contributed by atoms with van der Waals surface area (Å²) in [5.41, 5.74) is 18.5. The van der Waals surface area contributed by atoms with Gasteiger partial charge in [-0.1, -0.05) is 0 Å². The van der Waals surface area contributed by atoms with Gasteiger partial charge in [0, 0.05) is 6.54 Å². The van der Waals surface area contributed by atoms with E-state index in [1.807, 2.05) is 0 Å². The summed E-state index contributed by atoms with van der Waals surface area (Å²) in [5, 5.41) is 10.4. The number of rotatable bonds is 13. The van der Waals surface area contributed by atoms with E-state index in [4.69, 9.17) is 17.2 Å². The summed E-state index contributed by atoms with van der Waals surface area (Å²) in [6.45, 7) is 5.69. The number of hydrogen-bond acceptors (Lipinski definition) is 5. The van der Waals surface area contributed by atoms with Gasteiger partial charge in [-0.05, 0) is 58.4 Å². The predicted octanol–water partition coefficient (Wildman–Crippen LogP) is -1.54. The van der Waals surface area contributed by atoms with Crippen molar-refractivity contribution in [3.63, 3.8) is 0 Å². The van der Waals surface area contributed by atoms with Gasteiger partial charge < -0.3 is 33.3 Å². The number of hydrogen-bond donors (Lipinski definition) is 6. The molecule has 0 fully saturated rings. The minimum Gasteiger partial charge on any atom is -0.369 e. The highest BCUT2D eigenvalue weighted by molar-refractivity contribution is 5.75. The van der Waals surface area contributed by atoms with Crippen LogP contribution in [0.2, 0.25) is 0 Å². The van der Waals surface area contributed by atoms with E-state index in [-0.39, 0.29) is 5.96 Å². The smallest absolute Gasteiger partial charge is 0.208 e. The highest BCUT2D eigenvalue weighted by Crippen LogP contribution is 1.85. The summed E-state index contributed by atoms with van der Waals surface area (Å²) in [4.78, 5) is 0. The third-order valence-electron chi connectivity index (χ3n) is 2.37. The standard InChI is InChI=1S/C11H29N7/c12-5-3-8-15-6-1-2-7-16-9-4-10-17-18-11(13)14/h15-17H,1-10,12H2,(H4,13,14,18). The van der Waals surface area contributed by atoms with Crippen LogP contribution in [0.4, 0.5) is 0 Å². The quantitative estimate of drug-likeness (QED) is 0.103. The van der Waals surface area contributed by atoms with Crippen molar-refractivity contribution in [2.75, 3.05) is 39.3 Å². The van der Waals surface area contributed by atoms with Gasteiger partial charge in [0.15, 0.2) is 0 Å². The lowest BCUT2D eigenvalue weighted by Gasteiger charge is -2.06. The summed E-state index contributed by atoms with van der Waals surface area (Å²) < 4.78 is 0. The van der Waals surface area contributed by atoms with E-state index in [1.54, 1.807) is 0 Å². The molecule has 108 valence electrons. The molecule has 0 aromatic rings. The molecular weight excluding hydrogens is 230 g/mol. The number of nitrogens with two attached hydrogens (primary N) is 3. The molecule has 7 heteroatoms. The van der Waals surface area contributed by atoms with Crippen LogP contribution in [-0.2, 0) is 0 Å². The topological polar surface area (TPSA) is 127 Å². The van der Waals surface area contributed by atoms with Crippen molar-refractivity contribution in [2.45, 2.75) is 25.7 Å². The number of guanidine groups is 1. The Morgan fingerprint density at radius 3 is 1.89 bits per heavy atom. The Balaban J connectivity index is 2.97. The summed E-state index contributed by atoms with van der Waals surface area (Å²) in [5.74, 6) is 0.0742. The average molecular weight is 259 g/mol. The summed E-state index contributed by atoms with van der Waals surface area (Å²) in [7, 11) is 0. The maximum Gasteiger partial charge on any atom is 0.208 e. The summed E-state index contributed by atoms with van der Waals surface area (Å²) >= 11 is 0. The average Bonchev–Trinajstić information content (AvgIpc) is 2.34. The minimum absolute atomic E-state index is 0.0742. The van der Waals surface area contributed by atoms with Crippen LogP contribution in [0.1, 0.15) is 25.7 Å². The van der Waals surface area contributed by atoms with Gasteiger partial charge >= 0.3 is 0 Å². The van der Waals surface area contributed by atoms with E-state index in [0.717, 1.165) is 52.1 Å². The van der Waals surface area contributed by atoms with Crippen molar-refractivity contribution in [1.29, 1.82) is 0 Å². The van der Waals surface area contributed by atoms with Crippen LogP contribution in [-0.4, -0.2) is 45.2 Å². The maximum atomic E-state index is 5.40. The highest BCUT2D eigenvalue weighted by atomic mass is 15.3. The first kappa shape index (κ1) is 16.9. The van der Waals surface area contributed by atoms with Crippen LogP contribution >= 0.6 is 0 Å². The second-order valence-corrected chi connectivity index (χ2v) is 4.15. The normalized spacial score (nSPS) is 10.3. The van der Waals surface area contributed by atoms with Gasteiger partial charge in [-0.15, -0.1) is 5.10 Å². The number of nitrogens with one attached hydrogen (secondary N) is 3. The Kier molecular flexibility index (Phi) is 13.2. The Hall–Kier alpha value is -1.05. The first-order chi connectivity index (χ1) is 8.77. The lowest BCUT2D eigenvalue weighted by Crippen LogP contribution is -2.27. The maximum absolute atomic E-state index is 5.40. The fraction of sp³-hybridized carbons (Fsp3) is 0.909. The SMILES string of the molecule is NCCCNCCCCNCCCNN=C(N)N. The highest BCUT2D eigenvalue weighted by Gasteiger charge is 1.90. The zero-order valence-corrected chi connectivity index (χ0v) is 11.3. The van der Waals surface area contributed by atoms with Crippen molar-refractivity contribution < 1.29 is 0 Å². The van der Waals surface area contributed by atoms with E-state index in [1.165, 1.54) is 12.8 Å². The molecule has 0 saturated heterocycles. The van der Waals surface area contributed by atoms with Gasteiger partial charge in [-0.25, -0.2) is 0 Å². The van der Waals surface area contributed by atoms with Crippen LogP contribution in [0, 0.1) is 0 Å². The van der Waals surface area contributed by atoms with E-state index >= 15 is 0 Å². The fourth-order valence-electron chi connectivity index (χ4n) is 1.42. The van der Waals surface area contributed by atoms with Crippen molar-refractivity contribution >= 4 is 5.96 Å². The minimum atomic E-state index is 0.0742. The predicted molar refractivity (Wildman–Crippen MR) is 77.1 cm³/mol. The van der Waals surface area contributed by atoms with Crippen molar-refractivity contribution in [2.24, 2.45) is 22.3 Å². The van der Waals surface area contributed by atoms with E-state index in [0.29, 0.717) is 0 Å². The number of hydrazone groups is 1. The van der Waals surface area contributed by atoms with Crippen molar-refractivity contribution in [1.82, 2.24) is 16.1 Å². The number of unbranched alkanes of at least 4 members (excludes halogenated alkanes) is 1. The van der Waals surface area contributed by atoms with Gasteiger partial charge in [0.25, 0.3) is 0 Å². The Labute approximate surface area is 110 Å². The van der Waals surface area contributed by atoms with Gasteiger partial charge in [-0.2, -0.15) is 0 Å². The third kappa shape index (κ3) is 14.9. The molecule has 0 aromatic heterocycles. The second-order valence-electron chi connectivity index (χ2n) is 4.15. The molecule has 0 amide bonds.